The predicted octanol–water partition coefficient (Wildman–Crippen LogP) is 2.59. The topological polar surface area (TPSA) is 46.2 Å². The second-order valence-electron chi connectivity index (χ2n) is 3.91. The molecular weight excluding hydrogens is 309 g/mol. The first-order valence-corrected chi connectivity index (χ1v) is 7.81. The van der Waals surface area contributed by atoms with E-state index in [1.165, 1.54) is 12.1 Å². The van der Waals surface area contributed by atoms with E-state index in [0.717, 1.165) is 6.07 Å². The maximum absolute atomic E-state index is 13.1. The first-order chi connectivity index (χ1) is 7.86. The van der Waals surface area contributed by atoms with Crippen LogP contribution in [-0.2, 0) is 10.0 Å². The highest BCUT2D eigenvalue weighted by molar-refractivity contribution is 9.09. The Bertz CT molecular complexity index is 490. The molecule has 1 rings (SSSR count). The third-order valence-corrected chi connectivity index (χ3v) is 4.53. The molecule has 0 amide bonds. The van der Waals surface area contributed by atoms with Crippen LogP contribution in [0.15, 0.2) is 23.1 Å². The fourth-order valence-corrected chi connectivity index (χ4v) is 3.64. The van der Waals surface area contributed by atoms with Crippen LogP contribution < -0.4 is 4.72 Å². The third kappa shape index (κ3) is 4.04. The standard InChI is InChI=1S/C11H15BrFNO2S/c1-8-3-4-10(13)7-11(8)17(15,16)14-9(2)5-6-12/h3-4,7,9,14H,5-6H2,1-2H3. The molecule has 96 valence electrons. The molecule has 1 aromatic rings. The van der Waals surface area contributed by atoms with Gasteiger partial charge < -0.3 is 0 Å². The van der Waals surface area contributed by atoms with Crippen molar-refractivity contribution in [1.29, 1.82) is 0 Å². The van der Waals surface area contributed by atoms with Gasteiger partial charge in [-0.05, 0) is 38.0 Å². The van der Waals surface area contributed by atoms with Crippen molar-refractivity contribution in [2.45, 2.75) is 31.2 Å². The number of aryl methyl sites for hydroxylation is 1. The van der Waals surface area contributed by atoms with Gasteiger partial charge in [-0.25, -0.2) is 17.5 Å². The molecule has 6 heteroatoms. The van der Waals surface area contributed by atoms with Gasteiger partial charge in [0.25, 0.3) is 0 Å². The van der Waals surface area contributed by atoms with Gasteiger partial charge in [0.2, 0.25) is 10.0 Å². The Balaban J connectivity index is 3.01. The summed E-state index contributed by atoms with van der Waals surface area (Å²) in [7, 11) is -3.65. The van der Waals surface area contributed by atoms with Crippen LogP contribution in [0, 0.1) is 12.7 Å². The van der Waals surface area contributed by atoms with Crippen molar-refractivity contribution in [3.63, 3.8) is 0 Å². The molecule has 1 unspecified atom stereocenters. The lowest BCUT2D eigenvalue weighted by molar-refractivity contribution is 0.554. The minimum atomic E-state index is -3.65. The zero-order valence-corrected chi connectivity index (χ0v) is 12.1. The monoisotopic (exact) mass is 323 g/mol. The Morgan fingerprint density at radius 3 is 2.71 bits per heavy atom. The van der Waals surface area contributed by atoms with Crippen LogP contribution in [0.25, 0.3) is 0 Å². The normalized spacial score (nSPS) is 13.6. The van der Waals surface area contributed by atoms with Crippen LogP contribution in [0.2, 0.25) is 0 Å². The van der Waals surface area contributed by atoms with Gasteiger partial charge in [0.1, 0.15) is 5.82 Å². The summed E-state index contributed by atoms with van der Waals surface area (Å²) in [6, 6.07) is 3.55. The molecule has 0 bridgehead atoms. The lowest BCUT2D eigenvalue weighted by Crippen LogP contribution is -2.33. The smallest absolute Gasteiger partial charge is 0.208 e. The second kappa shape index (κ2) is 5.93. The Morgan fingerprint density at radius 2 is 2.12 bits per heavy atom. The molecule has 17 heavy (non-hydrogen) atoms. The molecule has 0 heterocycles. The van der Waals surface area contributed by atoms with E-state index in [9.17, 15) is 12.8 Å². The van der Waals surface area contributed by atoms with Crippen LogP contribution in [0.4, 0.5) is 4.39 Å². The van der Waals surface area contributed by atoms with Gasteiger partial charge in [-0.2, -0.15) is 0 Å². The van der Waals surface area contributed by atoms with Crippen LogP contribution in [0.5, 0.6) is 0 Å². The van der Waals surface area contributed by atoms with E-state index in [-0.39, 0.29) is 10.9 Å². The number of hydrogen-bond donors (Lipinski definition) is 1. The predicted molar refractivity (Wildman–Crippen MR) is 69.3 cm³/mol. The van der Waals surface area contributed by atoms with E-state index in [1.807, 2.05) is 0 Å². The summed E-state index contributed by atoms with van der Waals surface area (Å²) in [4.78, 5) is -0.000998. The molecule has 0 saturated heterocycles. The lowest BCUT2D eigenvalue weighted by Gasteiger charge is -2.14. The Labute approximate surface area is 110 Å². The number of benzene rings is 1. The molecule has 0 saturated carbocycles. The molecule has 0 radical (unpaired) electrons. The molecule has 0 fully saturated rings. The quantitative estimate of drug-likeness (QED) is 0.846. The summed E-state index contributed by atoms with van der Waals surface area (Å²) in [5.41, 5.74) is 0.532. The first-order valence-electron chi connectivity index (χ1n) is 5.21. The average molecular weight is 324 g/mol. The maximum Gasteiger partial charge on any atom is 0.241 e. The fraction of sp³-hybridized carbons (Fsp3) is 0.455. The van der Waals surface area contributed by atoms with Crippen molar-refractivity contribution < 1.29 is 12.8 Å². The number of nitrogens with one attached hydrogen (secondary N) is 1. The second-order valence-corrected chi connectivity index (χ2v) is 6.39. The first kappa shape index (κ1) is 14.6. The summed E-state index contributed by atoms with van der Waals surface area (Å²) in [5.74, 6) is -0.552. The summed E-state index contributed by atoms with van der Waals surface area (Å²) in [6.07, 6.45) is 0.674. The van der Waals surface area contributed by atoms with E-state index >= 15 is 0 Å². The SMILES string of the molecule is Cc1ccc(F)cc1S(=O)(=O)NC(C)CCBr. The highest BCUT2D eigenvalue weighted by Gasteiger charge is 2.19. The van der Waals surface area contributed by atoms with Gasteiger partial charge in [0, 0.05) is 11.4 Å². The molecule has 0 aliphatic rings. The molecule has 3 nitrogen and oxygen atoms in total. The molecular formula is C11H15BrFNO2S. The number of rotatable bonds is 5. The zero-order chi connectivity index (χ0) is 13.1. The van der Waals surface area contributed by atoms with Crippen LogP contribution in [0.3, 0.4) is 0 Å². The Morgan fingerprint density at radius 1 is 1.47 bits per heavy atom. The lowest BCUT2D eigenvalue weighted by atomic mass is 10.2. The minimum Gasteiger partial charge on any atom is -0.208 e. The van der Waals surface area contributed by atoms with Crippen molar-refractivity contribution in [3.8, 4) is 0 Å². The van der Waals surface area contributed by atoms with Gasteiger partial charge in [-0.3, -0.25) is 0 Å². The van der Waals surface area contributed by atoms with Gasteiger partial charge in [-0.1, -0.05) is 22.0 Å². The minimum absolute atomic E-state index is 0.000998. The Kier molecular flexibility index (Phi) is 5.09. The van der Waals surface area contributed by atoms with Gasteiger partial charge in [0.05, 0.1) is 4.90 Å². The number of alkyl halides is 1. The highest BCUT2D eigenvalue weighted by Crippen LogP contribution is 2.17. The molecule has 0 spiro atoms. The average Bonchev–Trinajstić information content (AvgIpc) is 2.21. The van der Waals surface area contributed by atoms with Crippen LogP contribution in [0.1, 0.15) is 18.9 Å². The number of sulfonamides is 1. The summed E-state index contributed by atoms with van der Waals surface area (Å²) in [6.45, 7) is 3.41. The van der Waals surface area contributed by atoms with E-state index < -0.39 is 15.8 Å². The molecule has 1 N–H and O–H groups in total. The third-order valence-electron chi connectivity index (χ3n) is 2.34. The molecule has 1 aromatic carbocycles. The molecule has 0 aliphatic carbocycles. The van der Waals surface area contributed by atoms with Gasteiger partial charge in [0.15, 0.2) is 0 Å². The molecule has 1 atom stereocenters. The summed E-state index contributed by atoms with van der Waals surface area (Å²) in [5, 5.41) is 0.707. The number of hydrogen-bond acceptors (Lipinski definition) is 2. The summed E-state index contributed by atoms with van der Waals surface area (Å²) >= 11 is 3.25. The Hall–Kier alpha value is -0.460. The largest absolute Gasteiger partial charge is 0.241 e. The molecule has 0 aliphatic heterocycles. The van der Waals surface area contributed by atoms with E-state index in [4.69, 9.17) is 0 Å². The molecule has 0 aromatic heterocycles. The van der Waals surface area contributed by atoms with E-state index in [2.05, 4.69) is 20.7 Å². The highest BCUT2D eigenvalue weighted by atomic mass is 79.9. The number of halogens is 2. The van der Waals surface area contributed by atoms with Crippen molar-refractivity contribution in [2.24, 2.45) is 0 Å². The van der Waals surface area contributed by atoms with Gasteiger partial charge in [-0.15, -0.1) is 0 Å². The van der Waals surface area contributed by atoms with Crippen molar-refractivity contribution in [1.82, 2.24) is 4.72 Å². The fourth-order valence-electron chi connectivity index (χ4n) is 1.41. The van der Waals surface area contributed by atoms with Crippen LogP contribution in [-0.4, -0.2) is 19.8 Å². The van der Waals surface area contributed by atoms with Crippen molar-refractivity contribution in [3.05, 3.63) is 29.6 Å². The maximum atomic E-state index is 13.1. The van der Waals surface area contributed by atoms with Crippen molar-refractivity contribution in [2.75, 3.05) is 5.33 Å². The van der Waals surface area contributed by atoms with E-state index in [1.54, 1.807) is 13.8 Å². The van der Waals surface area contributed by atoms with Crippen molar-refractivity contribution >= 4 is 26.0 Å². The zero-order valence-electron chi connectivity index (χ0n) is 9.70. The summed E-state index contributed by atoms with van der Waals surface area (Å²) < 4.78 is 39.6. The van der Waals surface area contributed by atoms with E-state index in [0.29, 0.717) is 17.3 Å². The van der Waals surface area contributed by atoms with Gasteiger partial charge >= 0.3 is 0 Å². The van der Waals surface area contributed by atoms with Crippen LogP contribution >= 0.6 is 15.9 Å².